The van der Waals surface area contributed by atoms with Crippen molar-refractivity contribution in [3.8, 4) is 9.88 Å². The predicted octanol–water partition coefficient (Wildman–Crippen LogP) is 3.32. The number of aromatic nitrogens is 1. The number of nitrogens with zero attached hydrogens (tertiary/aromatic N) is 2. The normalized spacial score (nSPS) is 18.1. The number of thiophene rings is 1. The molecule has 2 aromatic heterocycles. The number of rotatable bonds is 3. The molecule has 0 aliphatic carbocycles. The zero-order valence-electron chi connectivity index (χ0n) is 10.8. The molecule has 1 aliphatic rings. The van der Waals surface area contributed by atoms with Crippen molar-refractivity contribution in [2.45, 2.75) is 18.9 Å². The van der Waals surface area contributed by atoms with E-state index in [-0.39, 0.29) is 5.91 Å². The van der Waals surface area contributed by atoms with E-state index in [0.29, 0.717) is 18.7 Å². The highest BCUT2D eigenvalue weighted by Gasteiger charge is 2.35. The molecule has 3 rings (SSSR count). The van der Waals surface area contributed by atoms with E-state index in [0.717, 1.165) is 20.8 Å². The van der Waals surface area contributed by atoms with Crippen molar-refractivity contribution >= 4 is 50.5 Å². The van der Waals surface area contributed by atoms with Crippen LogP contribution in [0.3, 0.4) is 0 Å². The van der Waals surface area contributed by atoms with Gasteiger partial charge in [0.05, 0.1) is 4.88 Å². The number of amides is 1. The van der Waals surface area contributed by atoms with Crippen molar-refractivity contribution < 1.29 is 14.7 Å². The van der Waals surface area contributed by atoms with Gasteiger partial charge >= 0.3 is 5.97 Å². The number of likely N-dealkylation sites (tertiary alicyclic amines) is 1. The van der Waals surface area contributed by atoms with Crippen LogP contribution in [0.2, 0.25) is 0 Å². The summed E-state index contributed by atoms with van der Waals surface area (Å²) in [6.07, 6.45) is 1.23. The first-order valence-corrected chi connectivity index (χ1v) is 8.85. The van der Waals surface area contributed by atoms with Gasteiger partial charge in [0.2, 0.25) is 0 Å². The summed E-state index contributed by atoms with van der Waals surface area (Å²) < 4.78 is 0.982. The fourth-order valence-corrected chi connectivity index (χ4v) is 4.63. The Morgan fingerprint density at radius 3 is 2.86 bits per heavy atom. The largest absolute Gasteiger partial charge is 0.480 e. The second kappa shape index (κ2) is 5.86. The lowest BCUT2D eigenvalue weighted by Gasteiger charge is -2.20. The van der Waals surface area contributed by atoms with Gasteiger partial charge in [-0.15, -0.1) is 22.7 Å². The van der Waals surface area contributed by atoms with Gasteiger partial charge in [-0.05, 0) is 34.8 Å². The number of thiazole rings is 1. The third-order valence-corrected chi connectivity index (χ3v) is 6.00. The van der Waals surface area contributed by atoms with E-state index in [1.807, 2.05) is 11.4 Å². The highest BCUT2D eigenvalue weighted by Crippen LogP contribution is 2.32. The number of aliphatic carboxylic acids is 1. The number of carboxylic acid groups (broad SMARTS) is 1. The molecule has 3 heterocycles. The van der Waals surface area contributed by atoms with Crippen molar-refractivity contribution in [1.82, 2.24) is 9.88 Å². The van der Waals surface area contributed by atoms with Gasteiger partial charge in [-0.2, -0.15) is 0 Å². The number of halogens is 1. The number of carbonyl (C=O) groups is 2. The van der Waals surface area contributed by atoms with E-state index < -0.39 is 12.0 Å². The first-order valence-electron chi connectivity index (χ1n) is 6.30. The molecule has 8 heteroatoms. The minimum atomic E-state index is -0.946. The quantitative estimate of drug-likeness (QED) is 0.877. The minimum absolute atomic E-state index is 0.293. The minimum Gasteiger partial charge on any atom is -0.480 e. The second-order valence-corrected chi connectivity index (χ2v) is 7.35. The van der Waals surface area contributed by atoms with Gasteiger partial charge in [0.15, 0.2) is 0 Å². The average Bonchev–Trinajstić information content (AvgIpc) is 3.17. The topological polar surface area (TPSA) is 70.5 Å². The summed E-state index contributed by atoms with van der Waals surface area (Å²) in [5, 5.41) is 13.6. The van der Waals surface area contributed by atoms with Crippen LogP contribution >= 0.6 is 38.6 Å². The van der Waals surface area contributed by atoms with Crippen LogP contribution in [0.5, 0.6) is 0 Å². The van der Waals surface area contributed by atoms with Gasteiger partial charge in [0.25, 0.3) is 5.91 Å². The Labute approximate surface area is 137 Å². The molecule has 110 valence electrons. The zero-order valence-corrected chi connectivity index (χ0v) is 14.0. The van der Waals surface area contributed by atoms with Crippen molar-refractivity contribution in [2.75, 3.05) is 6.54 Å². The molecular formula is C13H11BrN2O3S2. The molecule has 1 N–H and O–H groups in total. The van der Waals surface area contributed by atoms with E-state index >= 15 is 0 Å². The maximum Gasteiger partial charge on any atom is 0.326 e. The number of hydrogen-bond donors (Lipinski definition) is 1. The lowest BCUT2D eigenvalue weighted by atomic mass is 10.2. The maximum atomic E-state index is 12.4. The van der Waals surface area contributed by atoms with Gasteiger partial charge < -0.3 is 10.0 Å². The molecule has 0 aromatic carbocycles. The monoisotopic (exact) mass is 386 g/mol. The maximum absolute atomic E-state index is 12.4. The fourth-order valence-electron chi connectivity index (χ4n) is 2.32. The molecule has 1 aliphatic heterocycles. The van der Waals surface area contributed by atoms with Crippen molar-refractivity contribution in [3.63, 3.8) is 0 Å². The molecule has 0 saturated carbocycles. The summed E-state index contributed by atoms with van der Waals surface area (Å²) in [5.41, 5.74) is 0.327. The van der Waals surface area contributed by atoms with Gasteiger partial charge in [-0.3, -0.25) is 4.79 Å². The molecule has 0 unspecified atom stereocenters. The summed E-state index contributed by atoms with van der Waals surface area (Å²) >= 11 is 6.33. The van der Waals surface area contributed by atoms with Crippen LogP contribution in [0.1, 0.15) is 23.3 Å². The molecule has 5 nitrogen and oxygen atoms in total. The Balaban J connectivity index is 1.83. The van der Waals surface area contributed by atoms with Crippen LogP contribution < -0.4 is 0 Å². The number of carbonyl (C=O) groups excluding carboxylic acids is 1. The van der Waals surface area contributed by atoms with Crippen LogP contribution in [0.4, 0.5) is 0 Å². The Bertz CT molecular complexity index is 697. The summed E-state index contributed by atoms with van der Waals surface area (Å²) in [7, 11) is 0. The van der Waals surface area contributed by atoms with E-state index in [4.69, 9.17) is 5.11 Å². The number of carboxylic acids is 1. The standard InChI is InChI=1S/C13H11BrN2O3S2/c14-7-4-10(20-5-7)11-15-8(6-21-11)12(17)16-3-1-2-9(16)13(18)19/h4-6,9H,1-3H2,(H,18,19)/t9-/m0/s1. The molecule has 21 heavy (non-hydrogen) atoms. The zero-order chi connectivity index (χ0) is 15.0. The molecule has 0 spiro atoms. The van der Waals surface area contributed by atoms with Crippen LogP contribution in [-0.4, -0.2) is 39.5 Å². The highest BCUT2D eigenvalue weighted by molar-refractivity contribution is 9.10. The van der Waals surface area contributed by atoms with E-state index in [9.17, 15) is 9.59 Å². The second-order valence-electron chi connectivity index (χ2n) is 4.66. The Morgan fingerprint density at radius 1 is 1.38 bits per heavy atom. The third-order valence-electron chi connectivity index (χ3n) is 3.30. The molecule has 1 fully saturated rings. The molecule has 0 bridgehead atoms. The van der Waals surface area contributed by atoms with Gasteiger partial charge in [0.1, 0.15) is 16.7 Å². The van der Waals surface area contributed by atoms with Crippen molar-refractivity contribution in [2.24, 2.45) is 0 Å². The van der Waals surface area contributed by atoms with E-state index in [2.05, 4.69) is 20.9 Å². The highest BCUT2D eigenvalue weighted by atomic mass is 79.9. The summed E-state index contributed by atoms with van der Waals surface area (Å²) in [5.74, 6) is -1.24. The lowest BCUT2D eigenvalue weighted by Crippen LogP contribution is -2.40. The lowest BCUT2D eigenvalue weighted by molar-refractivity contribution is -0.141. The van der Waals surface area contributed by atoms with Crippen LogP contribution in [0.25, 0.3) is 9.88 Å². The van der Waals surface area contributed by atoms with Gasteiger partial charge in [0, 0.05) is 21.8 Å². The fraction of sp³-hybridized carbons (Fsp3) is 0.308. The SMILES string of the molecule is O=C(O)[C@@H]1CCCN1C(=O)c1csc(-c2cc(Br)cs2)n1. The molecule has 1 saturated heterocycles. The molecular weight excluding hydrogens is 376 g/mol. The molecule has 1 amide bonds. The van der Waals surface area contributed by atoms with Gasteiger partial charge in [-0.1, -0.05) is 0 Å². The summed E-state index contributed by atoms with van der Waals surface area (Å²) in [6, 6.07) is 1.23. The smallest absolute Gasteiger partial charge is 0.326 e. The molecule has 0 radical (unpaired) electrons. The van der Waals surface area contributed by atoms with Crippen molar-refractivity contribution in [3.05, 3.63) is 27.0 Å². The third kappa shape index (κ3) is 2.88. The summed E-state index contributed by atoms with van der Waals surface area (Å²) in [4.78, 5) is 30.3. The van der Waals surface area contributed by atoms with Gasteiger partial charge in [-0.25, -0.2) is 9.78 Å². The first kappa shape index (κ1) is 14.7. The van der Waals surface area contributed by atoms with Crippen molar-refractivity contribution in [1.29, 1.82) is 0 Å². The first-order chi connectivity index (χ1) is 10.1. The Morgan fingerprint density at radius 2 is 2.19 bits per heavy atom. The Kier molecular flexibility index (Phi) is 4.10. The molecule has 1 atom stereocenters. The number of hydrogen-bond acceptors (Lipinski definition) is 5. The van der Waals surface area contributed by atoms with Crippen LogP contribution in [-0.2, 0) is 4.79 Å². The van der Waals surface area contributed by atoms with E-state index in [1.165, 1.54) is 16.2 Å². The molecule has 2 aromatic rings. The van der Waals surface area contributed by atoms with Crippen LogP contribution in [0, 0.1) is 0 Å². The predicted molar refractivity (Wildman–Crippen MR) is 84.8 cm³/mol. The Hall–Kier alpha value is -1.25. The van der Waals surface area contributed by atoms with Crippen LogP contribution in [0.15, 0.2) is 21.3 Å². The van der Waals surface area contributed by atoms with E-state index in [1.54, 1.807) is 16.7 Å². The average molecular weight is 387 g/mol. The summed E-state index contributed by atoms with van der Waals surface area (Å²) in [6.45, 7) is 0.479.